The Morgan fingerprint density at radius 1 is 1.47 bits per heavy atom. The predicted octanol–water partition coefficient (Wildman–Crippen LogP) is 1.36. The molecule has 1 unspecified atom stereocenters. The van der Waals surface area contributed by atoms with Gasteiger partial charge in [0.15, 0.2) is 0 Å². The number of nitrogens with one attached hydrogen (secondary N) is 1. The van der Waals surface area contributed by atoms with Gasteiger partial charge in [-0.05, 0) is 25.1 Å². The minimum Gasteiger partial charge on any atom is -0.369 e. The molecule has 1 aliphatic heterocycles. The molecule has 1 saturated heterocycles. The van der Waals surface area contributed by atoms with Gasteiger partial charge in [-0.2, -0.15) is 5.26 Å². The van der Waals surface area contributed by atoms with Crippen LogP contribution in [0.25, 0.3) is 0 Å². The third-order valence-electron chi connectivity index (χ3n) is 2.99. The van der Waals surface area contributed by atoms with Crippen LogP contribution < -0.4 is 10.2 Å². The van der Waals surface area contributed by atoms with E-state index in [1.54, 1.807) is 0 Å². The molecule has 1 heterocycles. The lowest BCUT2D eigenvalue weighted by Crippen LogP contribution is -2.33. The molecule has 0 saturated carbocycles. The van der Waals surface area contributed by atoms with Gasteiger partial charge in [0.25, 0.3) is 0 Å². The second-order valence-corrected chi connectivity index (χ2v) is 3.89. The van der Waals surface area contributed by atoms with E-state index in [0.29, 0.717) is 6.04 Å². The average Bonchev–Trinajstić information content (AvgIpc) is 2.81. The van der Waals surface area contributed by atoms with E-state index in [1.165, 1.54) is 0 Å². The summed E-state index contributed by atoms with van der Waals surface area (Å²) < 4.78 is 0. The van der Waals surface area contributed by atoms with Crippen LogP contribution in [0.4, 0.5) is 5.69 Å². The maximum Gasteiger partial charge on any atom is 0.101 e. The molecule has 0 aliphatic carbocycles. The van der Waals surface area contributed by atoms with Crippen molar-refractivity contribution in [3.8, 4) is 6.07 Å². The van der Waals surface area contributed by atoms with Crippen molar-refractivity contribution in [2.24, 2.45) is 0 Å². The molecular formula is C12H15N3. The van der Waals surface area contributed by atoms with Crippen LogP contribution in [-0.2, 0) is 0 Å². The van der Waals surface area contributed by atoms with Gasteiger partial charge >= 0.3 is 0 Å². The van der Waals surface area contributed by atoms with Crippen LogP contribution in [0, 0.1) is 11.3 Å². The molecule has 2 rings (SSSR count). The fourth-order valence-electron chi connectivity index (χ4n) is 2.04. The maximum absolute atomic E-state index is 9.02. The van der Waals surface area contributed by atoms with Gasteiger partial charge in [-0.1, -0.05) is 12.1 Å². The number of hydrogen-bond acceptors (Lipinski definition) is 3. The Bertz CT molecular complexity index is 375. The van der Waals surface area contributed by atoms with E-state index in [1.807, 2.05) is 24.3 Å². The highest BCUT2D eigenvalue weighted by Crippen LogP contribution is 2.22. The minimum atomic E-state index is 0.513. The van der Waals surface area contributed by atoms with Crippen LogP contribution >= 0.6 is 0 Å². The highest BCUT2D eigenvalue weighted by atomic mass is 15.2. The van der Waals surface area contributed by atoms with E-state index >= 15 is 0 Å². The molecule has 0 spiro atoms. The number of hydrogen-bond donors (Lipinski definition) is 1. The first-order valence-electron chi connectivity index (χ1n) is 5.25. The number of benzene rings is 1. The summed E-state index contributed by atoms with van der Waals surface area (Å²) in [5, 5.41) is 12.4. The van der Waals surface area contributed by atoms with Gasteiger partial charge in [0.1, 0.15) is 6.07 Å². The molecule has 3 nitrogen and oxygen atoms in total. The maximum atomic E-state index is 9.02. The Hall–Kier alpha value is -1.53. The number of nitriles is 1. The Labute approximate surface area is 90.3 Å². The van der Waals surface area contributed by atoms with Crippen molar-refractivity contribution in [2.45, 2.75) is 12.5 Å². The predicted molar refractivity (Wildman–Crippen MR) is 60.8 cm³/mol. The van der Waals surface area contributed by atoms with Crippen molar-refractivity contribution >= 4 is 5.69 Å². The first kappa shape index (κ1) is 10.0. The summed E-state index contributed by atoms with van der Waals surface area (Å²) in [5.41, 5.74) is 1.79. The lowest BCUT2D eigenvalue weighted by atomic mass is 10.1. The standard InChI is InChI=1S/C12H15N3/c1-15(11-6-7-14-9-11)12-5-3-2-4-10(12)8-13/h2-5,11,14H,6-7,9H2,1H3. The number of nitrogens with zero attached hydrogens (tertiary/aromatic N) is 2. The second-order valence-electron chi connectivity index (χ2n) is 3.89. The number of para-hydroxylation sites is 1. The molecule has 1 N–H and O–H groups in total. The Kier molecular flexibility index (Phi) is 2.89. The molecular weight excluding hydrogens is 186 g/mol. The van der Waals surface area contributed by atoms with E-state index in [-0.39, 0.29) is 0 Å². The largest absolute Gasteiger partial charge is 0.369 e. The Morgan fingerprint density at radius 3 is 2.93 bits per heavy atom. The van der Waals surface area contributed by atoms with E-state index in [2.05, 4.69) is 23.3 Å². The SMILES string of the molecule is CN(c1ccccc1C#N)C1CCNC1. The van der Waals surface area contributed by atoms with Gasteiger partial charge in [-0.3, -0.25) is 0 Å². The third kappa shape index (κ3) is 1.95. The van der Waals surface area contributed by atoms with Gasteiger partial charge in [-0.25, -0.2) is 0 Å². The zero-order chi connectivity index (χ0) is 10.7. The van der Waals surface area contributed by atoms with Crippen LogP contribution in [0.15, 0.2) is 24.3 Å². The topological polar surface area (TPSA) is 39.1 Å². The normalized spacial score (nSPS) is 19.9. The van der Waals surface area contributed by atoms with Crippen LogP contribution in [-0.4, -0.2) is 26.2 Å². The van der Waals surface area contributed by atoms with Crippen molar-refractivity contribution < 1.29 is 0 Å². The second kappa shape index (κ2) is 4.33. The molecule has 0 radical (unpaired) electrons. The summed E-state index contributed by atoms with van der Waals surface area (Å²) in [7, 11) is 2.06. The zero-order valence-electron chi connectivity index (χ0n) is 8.90. The zero-order valence-corrected chi connectivity index (χ0v) is 8.90. The summed E-state index contributed by atoms with van der Waals surface area (Å²) in [5.74, 6) is 0. The van der Waals surface area contributed by atoms with Crippen molar-refractivity contribution in [3.63, 3.8) is 0 Å². The molecule has 1 aliphatic rings. The number of anilines is 1. The van der Waals surface area contributed by atoms with Crippen molar-refractivity contribution in [1.29, 1.82) is 5.26 Å². The fourth-order valence-corrected chi connectivity index (χ4v) is 2.04. The first-order valence-corrected chi connectivity index (χ1v) is 5.25. The number of likely N-dealkylation sites (N-methyl/N-ethyl adjacent to an activating group) is 1. The van der Waals surface area contributed by atoms with Gasteiger partial charge in [0.05, 0.1) is 11.3 Å². The molecule has 1 aromatic rings. The summed E-state index contributed by atoms with van der Waals surface area (Å²) >= 11 is 0. The molecule has 1 aromatic carbocycles. The van der Waals surface area contributed by atoms with Crippen molar-refractivity contribution in [1.82, 2.24) is 5.32 Å². The summed E-state index contributed by atoms with van der Waals surface area (Å²) in [6, 6.07) is 10.5. The van der Waals surface area contributed by atoms with Crippen LogP contribution in [0.2, 0.25) is 0 Å². The number of rotatable bonds is 2. The van der Waals surface area contributed by atoms with E-state index in [0.717, 1.165) is 30.8 Å². The van der Waals surface area contributed by atoms with E-state index in [4.69, 9.17) is 5.26 Å². The summed E-state index contributed by atoms with van der Waals surface area (Å²) in [4.78, 5) is 2.21. The molecule has 1 fully saturated rings. The fraction of sp³-hybridized carbons (Fsp3) is 0.417. The highest BCUT2D eigenvalue weighted by Gasteiger charge is 2.20. The third-order valence-corrected chi connectivity index (χ3v) is 2.99. The first-order chi connectivity index (χ1) is 7.33. The smallest absolute Gasteiger partial charge is 0.101 e. The molecule has 1 atom stereocenters. The van der Waals surface area contributed by atoms with E-state index in [9.17, 15) is 0 Å². The minimum absolute atomic E-state index is 0.513. The summed E-state index contributed by atoms with van der Waals surface area (Å²) in [6.07, 6.45) is 1.15. The lowest BCUT2D eigenvalue weighted by Gasteiger charge is -2.26. The Morgan fingerprint density at radius 2 is 2.27 bits per heavy atom. The quantitative estimate of drug-likeness (QED) is 0.785. The van der Waals surface area contributed by atoms with E-state index < -0.39 is 0 Å². The molecule has 3 heteroatoms. The molecule has 78 valence electrons. The van der Waals surface area contributed by atoms with Crippen molar-refractivity contribution in [3.05, 3.63) is 29.8 Å². The van der Waals surface area contributed by atoms with Crippen LogP contribution in [0.3, 0.4) is 0 Å². The van der Waals surface area contributed by atoms with Crippen LogP contribution in [0.5, 0.6) is 0 Å². The molecule has 0 aromatic heterocycles. The molecule has 0 bridgehead atoms. The average molecular weight is 201 g/mol. The monoisotopic (exact) mass is 201 g/mol. The lowest BCUT2D eigenvalue weighted by molar-refractivity contribution is 0.685. The van der Waals surface area contributed by atoms with Gasteiger partial charge < -0.3 is 10.2 Å². The Balaban J connectivity index is 2.24. The molecule has 0 amide bonds. The van der Waals surface area contributed by atoms with Gasteiger partial charge in [0.2, 0.25) is 0 Å². The van der Waals surface area contributed by atoms with Gasteiger partial charge in [-0.15, -0.1) is 0 Å². The summed E-state index contributed by atoms with van der Waals surface area (Å²) in [6.45, 7) is 2.08. The van der Waals surface area contributed by atoms with Gasteiger partial charge in [0, 0.05) is 19.6 Å². The molecule has 15 heavy (non-hydrogen) atoms. The van der Waals surface area contributed by atoms with Crippen LogP contribution in [0.1, 0.15) is 12.0 Å². The van der Waals surface area contributed by atoms with Crippen molar-refractivity contribution in [2.75, 3.05) is 25.0 Å². The highest BCUT2D eigenvalue weighted by molar-refractivity contribution is 5.59.